The van der Waals surface area contributed by atoms with Gasteiger partial charge in [0.15, 0.2) is 0 Å². The Labute approximate surface area is 121 Å². The lowest BCUT2D eigenvalue weighted by atomic mass is 9.87. The lowest BCUT2D eigenvalue weighted by Gasteiger charge is -2.42. The molecule has 1 aliphatic rings. The van der Waals surface area contributed by atoms with E-state index in [0.717, 1.165) is 12.8 Å². The number of carbonyl (C=O) groups is 1. The first kappa shape index (κ1) is 14.6. The number of anilines is 1. The van der Waals surface area contributed by atoms with E-state index < -0.39 is 16.4 Å². The smallest absolute Gasteiger partial charge is 0.329 e. The van der Waals surface area contributed by atoms with Crippen molar-refractivity contribution in [3.63, 3.8) is 0 Å². The van der Waals surface area contributed by atoms with Gasteiger partial charge in [0.1, 0.15) is 11.2 Å². The van der Waals surface area contributed by atoms with Gasteiger partial charge in [-0.05, 0) is 38.3 Å². The number of benzene rings is 1. The van der Waals surface area contributed by atoms with Gasteiger partial charge in [-0.25, -0.2) is 4.79 Å². The van der Waals surface area contributed by atoms with Gasteiger partial charge in [-0.1, -0.05) is 11.6 Å². The van der Waals surface area contributed by atoms with Gasteiger partial charge in [-0.15, -0.1) is 0 Å². The molecule has 20 heavy (non-hydrogen) atoms. The Bertz CT molecular complexity index is 563. The first-order valence-corrected chi connectivity index (χ1v) is 6.69. The highest BCUT2D eigenvalue weighted by molar-refractivity contribution is 6.31. The molecule has 1 aromatic rings. The summed E-state index contributed by atoms with van der Waals surface area (Å²) in [5, 5.41) is 21.0. The molecule has 1 atom stereocenters. The summed E-state index contributed by atoms with van der Waals surface area (Å²) in [5.41, 5.74) is -0.996. The largest absolute Gasteiger partial charge is 0.480 e. The first-order valence-electron chi connectivity index (χ1n) is 6.31. The van der Waals surface area contributed by atoms with Crippen LogP contribution in [0.5, 0.6) is 0 Å². The predicted octanol–water partition coefficient (Wildman–Crippen LogP) is 3.08. The van der Waals surface area contributed by atoms with Crippen LogP contribution in [-0.4, -0.2) is 28.1 Å². The summed E-state index contributed by atoms with van der Waals surface area (Å²) >= 11 is 5.92. The van der Waals surface area contributed by atoms with E-state index >= 15 is 0 Å². The van der Waals surface area contributed by atoms with Crippen molar-refractivity contribution in [2.75, 3.05) is 11.4 Å². The lowest BCUT2D eigenvalue weighted by molar-refractivity contribution is -0.384. The second kappa shape index (κ2) is 5.28. The topological polar surface area (TPSA) is 83.7 Å². The predicted molar refractivity (Wildman–Crippen MR) is 75.3 cm³/mol. The zero-order valence-electron chi connectivity index (χ0n) is 11.0. The molecule has 2 rings (SSSR count). The van der Waals surface area contributed by atoms with E-state index in [-0.39, 0.29) is 11.4 Å². The van der Waals surface area contributed by atoms with Gasteiger partial charge in [-0.2, -0.15) is 0 Å². The van der Waals surface area contributed by atoms with Crippen LogP contribution in [0.1, 0.15) is 26.2 Å². The number of nitrogens with zero attached hydrogens (tertiary/aromatic N) is 2. The molecule has 0 radical (unpaired) electrons. The van der Waals surface area contributed by atoms with Crippen molar-refractivity contribution >= 4 is 28.9 Å². The molecule has 108 valence electrons. The third-order valence-electron chi connectivity index (χ3n) is 3.78. The summed E-state index contributed by atoms with van der Waals surface area (Å²) in [7, 11) is 0. The summed E-state index contributed by atoms with van der Waals surface area (Å²) in [4.78, 5) is 23.8. The molecule has 1 heterocycles. The van der Waals surface area contributed by atoms with Crippen molar-refractivity contribution < 1.29 is 14.8 Å². The Kier molecular flexibility index (Phi) is 3.85. The molecule has 1 aromatic carbocycles. The Morgan fingerprint density at radius 1 is 1.50 bits per heavy atom. The maximum Gasteiger partial charge on any atom is 0.329 e. The molecule has 0 saturated carbocycles. The minimum absolute atomic E-state index is 0.122. The fraction of sp³-hybridized carbons (Fsp3) is 0.462. The molecular formula is C13H15ClN2O4. The van der Waals surface area contributed by atoms with E-state index in [2.05, 4.69) is 0 Å². The molecule has 1 aliphatic heterocycles. The molecule has 0 spiro atoms. The van der Waals surface area contributed by atoms with Crippen LogP contribution in [0.3, 0.4) is 0 Å². The number of carboxylic acids is 1. The molecule has 0 amide bonds. The van der Waals surface area contributed by atoms with Crippen LogP contribution >= 0.6 is 11.6 Å². The summed E-state index contributed by atoms with van der Waals surface area (Å²) in [6, 6.07) is 4.21. The first-order chi connectivity index (χ1) is 9.36. The zero-order chi connectivity index (χ0) is 14.9. The van der Waals surface area contributed by atoms with Crippen LogP contribution in [0.2, 0.25) is 5.02 Å². The van der Waals surface area contributed by atoms with Crippen LogP contribution in [0.15, 0.2) is 18.2 Å². The molecule has 1 fully saturated rings. The SMILES string of the molecule is CC1(C(=O)O)CCCCN1c1cc(Cl)ccc1[N+](=O)[O-]. The molecule has 7 heteroatoms. The molecule has 0 aromatic heterocycles. The van der Waals surface area contributed by atoms with Crippen LogP contribution < -0.4 is 4.90 Å². The fourth-order valence-corrected chi connectivity index (χ4v) is 2.76. The fourth-order valence-electron chi connectivity index (χ4n) is 2.60. The van der Waals surface area contributed by atoms with Gasteiger partial charge in [0.05, 0.1) is 4.92 Å². The normalized spacial score (nSPS) is 22.6. The van der Waals surface area contributed by atoms with Gasteiger partial charge in [0.2, 0.25) is 0 Å². The standard InChI is InChI=1S/C13H15ClN2O4/c1-13(12(17)18)6-2-3-7-15(13)11-8-9(14)4-5-10(11)16(19)20/h4-5,8H,2-3,6-7H2,1H3,(H,17,18). The molecule has 1 saturated heterocycles. The Morgan fingerprint density at radius 3 is 2.80 bits per heavy atom. The summed E-state index contributed by atoms with van der Waals surface area (Å²) in [5.74, 6) is -0.980. The van der Waals surface area contributed by atoms with E-state index in [1.807, 2.05) is 0 Å². The third-order valence-corrected chi connectivity index (χ3v) is 4.01. The summed E-state index contributed by atoms with van der Waals surface area (Å²) in [6.07, 6.45) is 2.03. The Morgan fingerprint density at radius 2 is 2.20 bits per heavy atom. The number of carboxylic acid groups (broad SMARTS) is 1. The quantitative estimate of drug-likeness (QED) is 0.685. The van der Waals surface area contributed by atoms with E-state index in [4.69, 9.17) is 11.6 Å². The van der Waals surface area contributed by atoms with Crippen LogP contribution in [0, 0.1) is 10.1 Å². The van der Waals surface area contributed by atoms with Crippen molar-refractivity contribution in [2.24, 2.45) is 0 Å². The van der Waals surface area contributed by atoms with E-state index in [0.29, 0.717) is 18.0 Å². The maximum atomic E-state index is 11.6. The summed E-state index contributed by atoms with van der Waals surface area (Å²) in [6.45, 7) is 2.06. The van der Waals surface area contributed by atoms with Crippen LogP contribution in [0.4, 0.5) is 11.4 Å². The van der Waals surface area contributed by atoms with Crippen LogP contribution in [0.25, 0.3) is 0 Å². The molecule has 1 unspecified atom stereocenters. The second-order valence-electron chi connectivity index (χ2n) is 5.08. The van der Waals surface area contributed by atoms with Gasteiger partial charge in [-0.3, -0.25) is 10.1 Å². The van der Waals surface area contributed by atoms with Gasteiger partial charge in [0.25, 0.3) is 5.69 Å². The molecule has 0 aliphatic carbocycles. The molecule has 0 bridgehead atoms. The summed E-state index contributed by atoms with van der Waals surface area (Å²) < 4.78 is 0. The van der Waals surface area contributed by atoms with Crippen LogP contribution in [-0.2, 0) is 4.79 Å². The highest BCUT2D eigenvalue weighted by Crippen LogP contribution is 2.39. The number of rotatable bonds is 3. The maximum absolute atomic E-state index is 11.6. The minimum Gasteiger partial charge on any atom is -0.480 e. The van der Waals surface area contributed by atoms with Crippen molar-refractivity contribution in [3.8, 4) is 0 Å². The average Bonchev–Trinajstić information content (AvgIpc) is 2.38. The van der Waals surface area contributed by atoms with Gasteiger partial charge in [0, 0.05) is 17.6 Å². The highest BCUT2D eigenvalue weighted by atomic mass is 35.5. The van der Waals surface area contributed by atoms with Gasteiger partial charge >= 0.3 is 5.97 Å². The monoisotopic (exact) mass is 298 g/mol. The van der Waals surface area contributed by atoms with E-state index in [9.17, 15) is 20.0 Å². The van der Waals surface area contributed by atoms with Crippen molar-refractivity contribution in [2.45, 2.75) is 31.7 Å². The number of nitro benzene ring substituents is 1. The number of piperidine rings is 1. The number of aliphatic carboxylic acids is 1. The number of halogens is 1. The minimum atomic E-state index is -1.15. The number of nitro groups is 1. The molecule has 1 N–H and O–H groups in total. The second-order valence-corrected chi connectivity index (χ2v) is 5.51. The van der Waals surface area contributed by atoms with E-state index in [1.165, 1.54) is 18.2 Å². The lowest BCUT2D eigenvalue weighted by Crippen LogP contribution is -2.55. The average molecular weight is 299 g/mol. The van der Waals surface area contributed by atoms with Crippen molar-refractivity contribution in [1.29, 1.82) is 0 Å². The van der Waals surface area contributed by atoms with Crippen molar-refractivity contribution in [3.05, 3.63) is 33.3 Å². The number of hydrogen-bond acceptors (Lipinski definition) is 4. The third kappa shape index (κ3) is 2.43. The number of hydrogen-bond donors (Lipinski definition) is 1. The van der Waals surface area contributed by atoms with Gasteiger partial charge < -0.3 is 10.0 Å². The highest BCUT2D eigenvalue weighted by Gasteiger charge is 2.43. The Hall–Kier alpha value is -1.82. The van der Waals surface area contributed by atoms with E-state index in [1.54, 1.807) is 11.8 Å². The van der Waals surface area contributed by atoms with Crippen molar-refractivity contribution in [1.82, 2.24) is 0 Å². The zero-order valence-corrected chi connectivity index (χ0v) is 11.8. The molecular weight excluding hydrogens is 284 g/mol. The Balaban J connectivity index is 2.55. The molecule has 6 nitrogen and oxygen atoms in total.